The van der Waals surface area contributed by atoms with Gasteiger partial charge in [0.2, 0.25) is 0 Å². The molecule has 20 heavy (non-hydrogen) atoms. The highest BCUT2D eigenvalue weighted by Crippen LogP contribution is 2.21. The summed E-state index contributed by atoms with van der Waals surface area (Å²) in [4.78, 5) is 12.2. The molecule has 0 aliphatic heterocycles. The summed E-state index contributed by atoms with van der Waals surface area (Å²) in [6.45, 7) is 1.92. The normalized spacial score (nSPS) is 11.9. The smallest absolute Gasteiger partial charge is 0.251 e. The number of nitrogen functional groups attached to an aromatic ring is 1. The Morgan fingerprint density at radius 1 is 1.25 bits per heavy atom. The molecule has 0 unspecified atom stereocenters. The molecule has 1 atom stereocenters. The van der Waals surface area contributed by atoms with Gasteiger partial charge in [-0.3, -0.25) is 4.79 Å². The lowest BCUT2D eigenvalue weighted by molar-refractivity contribution is 0.0940. The predicted octanol–water partition coefficient (Wildman–Crippen LogP) is 4.18. The summed E-state index contributed by atoms with van der Waals surface area (Å²) >= 11 is 9.16. The summed E-state index contributed by atoms with van der Waals surface area (Å²) in [6, 6.07) is 12.4. The quantitative estimate of drug-likeness (QED) is 0.813. The Bertz CT molecular complexity index is 628. The molecule has 0 fully saturated rings. The highest BCUT2D eigenvalue weighted by Gasteiger charge is 2.12. The van der Waals surface area contributed by atoms with E-state index in [1.807, 2.05) is 19.1 Å². The third-order valence-corrected chi connectivity index (χ3v) is 3.92. The maximum atomic E-state index is 12.2. The largest absolute Gasteiger partial charge is 0.398 e. The molecule has 0 saturated heterocycles. The first kappa shape index (κ1) is 14.9. The van der Waals surface area contributed by atoms with E-state index < -0.39 is 0 Å². The Labute approximate surface area is 131 Å². The zero-order valence-corrected chi connectivity index (χ0v) is 13.2. The van der Waals surface area contributed by atoms with Crippen molar-refractivity contribution >= 4 is 39.1 Å². The van der Waals surface area contributed by atoms with Crippen LogP contribution in [-0.4, -0.2) is 5.91 Å². The lowest BCUT2D eigenvalue weighted by atomic mass is 10.1. The number of nitrogens with two attached hydrogens (primary N) is 1. The molecule has 2 rings (SSSR count). The second-order valence-corrected chi connectivity index (χ2v) is 5.77. The molecule has 0 aliphatic carbocycles. The number of carbonyl (C=O) groups excluding carboxylic acids is 1. The molecule has 3 nitrogen and oxygen atoms in total. The predicted molar refractivity (Wildman–Crippen MR) is 85.9 cm³/mol. The van der Waals surface area contributed by atoms with Crippen LogP contribution in [0.4, 0.5) is 5.69 Å². The van der Waals surface area contributed by atoms with Gasteiger partial charge >= 0.3 is 0 Å². The Morgan fingerprint density at radius 3 is 2.50 bits per heavy atom. The maximum absolute atomic E-state index is 12.2. The van der Waals surface area contributed by atoms with Gasteiger partial charge in [0, 0.05) is 20.7 Å². The Balaban J connectivity index is 2.10. The van der Waals surface area contributed by atoms with Crippen LogP contribution in [0.25, 0.3) is 0 Å². The van der Waals surface area contributed by atoms with Crippen molar-refractivity contribution in [2.45, 2.75) is 13.0 Å². The number of carbonyl (C=O) groups is 1. The summed E-state index contributed by atoms with van der Waals surface area (Å²) in [6.07, 6.45) is 0. The average molecular weight is 354 g/mol. The third kappa shape index (κ3) is 3.52. The van der Waals surface area contributed by atoms with Gasteiger partial charge in [0.25, 0.3) is 5.91 Å². The summed E-state index contributed by atoms with van der Waals surface area (Å²) in [5, 5.41) is 3.61. The van der Waals surface area contributed by atoms with Crippen molar-refractivity contribution in [2.75, 3.05) is 5.73 Å². The highest BCUT2D eigenvalue weighted by molar-refractivity contribution is 9.10. The summed E-state index contributed by atoms with van der Waals surface area (Å²) in [5.41, 5.74) is 7.87. The van der Waals surface area contributed by atoms with Crippen LogP contribution in [-0.2, 0) is 0 Å². The Kier molecular flexibility index (Phi) is 4.68. The van der Waals surface area contributed by atoms with E-state index >= 15 is 0 Å². The van der Waals surface area contributed by atoms with E-state index in [9.17, 15) is 4.79 Å². The standard InChI is InChI=1S/C15H14BrClN2O/c1-9(10-2-5-12(17)6-3-10)19-15(20)11-4-7-14(18)13(16)8-11/h2-9H,18H2,1H3,(H,19,20)/t9-/m1/s1. The van der Waals surface area contributed by atoms with E-state index in [1.165, 1.54) is 0 Å². The number of amides is 1. The summed E-state index contributed by atoms with van der Waals surface area (Å²) in [5.74, 6) is -0.145. The van der Waals surface area contributed by atoms with Gasteiger partial charge < -0.3 is 11.1 Å². The Hall–Kier alpha value is -1.52. The topological polar surface area (TPSA) is 55.1 Å². The van der Waals surface area contributed by atoms with Crippen LogP contribution in [0, 0.1) is 0 Å². The zero-order valence-electron chi connectivity index (χ0n) is 10.9. The van der Waals surface area contributed by atoms with Crippen LogP contribution in [0.15, 0.2) is 46.9 Å². The molecule has 0 heterocycles. The minimum absolute atomic E-state index is 0.101. The minimum Gasteiger partial charge on any atom is -0.398 e. The second-order valence-electron chi connectivity index (χ2n) is 4.48. The molecule has 2 aromatic rings. The van der Waals surface area contributed by atoms with Crippen molar-refractivity contribution in [1.82, 2.24) is 5.32 Å². The van der Waals surface area contributed by atoms with Gasteiger partial charge in [-0.05, 0) is 58.7 Å². The number of benzene rings is 2. The first-order valence-corrected chi connectivity index (χ1v) is 7.26. The molecular formula is C15H14BrClN2O. The molecule has 0 aromatic heterocycles. The number of hydrogen-bond donors (Lipinski definition) is 2. The highest BCUT2D eigenvalue weighted by atomic mass is 79.9. The monoisotopic (exact) mass is 352 g/mol. The van der Waals surface area contributed by atoms with Crippen LogP contribution >= 0.6 is 27.5 Å². The van der Waals surface area contributed by atoms with Gasteiger partial charge in [-0.2, -0.15) is 0 Å². The van der Waals surface area contributed by atoms with E-state index in [0.717, 1.165) is 5.56 Å². The molecular weight excluding hydrogens is 340 g/mol. The molecule has 104 valence electrons. The van der Waals surface area contributed by atoms with Crippen LogP contribution in [0.2, 0.25) is 5.02 Å². The average Bonchev–Trinajstić information content (AvgIpc) is 2.42. The fourth-order valence-corrected chi connectivity index (χ4v) is 2.29. The first-order chi connectivity index (χ1) is 9.47. The van der Waals surface area contributed by atoms with Crippen LogP contribution in [0.1, 0.15) is 28.9 Å². The molecule has 0 saturated carbocycles. The van der Waals surface area contributed by atoms with Gasteiger partial charge in [-0.25, -0.2) is 0 Å². The van der Waals surface area contributed by atoms with E-state index in [1.54, 1.807) is 30.3 Å². The maximum Gasteiger partial charge on any atom is 0.251 e. The van der Waals surface area contributed by atoms with Crippen molar-refractivity contribution < 1.29 is 4.79 Å². The summed E-state index contributed by atoms with van der Waals surface area (Å²) in [7, 11) is 0. The van der Waals surface area contributed by atoms with E-state index in [2.05, 4.69) is 21.2 Å². The fraction of sp³-hybridized carbons (Fsp3) is 0.133. The first-order valence-electron chi connectivity index (χ1n) is 6.08. The molecule has 3 N–H and O–H groups in total. The lowest BCUT2D eigenvalue weighted by Crippen LogP contribution is -2.26. The molecule has 0 radical (unpaired) electrons. The van der Waals surface area contributed by atoms with Gasteiger partial charge in [-0.1, -0.05) is 23.7 Å². The van der Waals surface area contributed by atoms with E-state index in [0.29, 0.717) is 20.7 Å². The second kappa shape index (κ2) is 6.29. The van der Waals surface area contributed by atoms with E-state index in [4.69, 9.17) is 17.3 Å². The van der Waals surface area contributed by atoms with Crippen molar-refractivity contribution in [3.8, 4) is 0 Å². The van der Waals surface area contributed by atoms with Crippen LogP contribution in [0.5, 0.6) is 0 Å². The van der Waals surface area contributed by atoms with Crippen molar-refractivity contribution in [2.24, 2.45) is 0 Å². The van der Waals surface area contributed by atoms with Gasteiger partial charge in [0.1, 0.15) is 0 Å². The van der Waals surface area contributed by atoms with Gasteiger partial charge in [-0.15, -0.1) is 0 Å². The SMILES string of the molecule is C[C@@H](NC(=O)c1ccc(N)c(Br)c1)c1ccc(Cl)cc1. The Morgan fingerprint density at radius 2 is 1.90 bits per heavy atom. The van der Waals surface area contributed by atoms with Crippen molar-refractivity contribution in [3.63, 3.8) is 0 Å². The van der Waals surface area contributed by atoms with E-state index in [-0.39, 0.29) is 11.9 Å². The molecule has 0 bridgehead atoms. The minimum atomic E-state index is -0.145. The number of rotatable bonds is 3. The van der Waals surface area contributed by atoms with Crippen molar-refractivity contribution in [3.05, 3.63) is 63.1 Å². The molecule has 5 heteroatoms. The number of nitrogens with one attached hydrogen (secondary N) is 1. The lowest BCUT2D eigenvalue weighted by Gasteiger charge is -2.15. The molecule has 1 amide bonds. The van der Waals surface area contributed by atoms with Crippen LogP contribution < -0.4 is 11.1 Å². The molecule has 0 spiro atoms. The third-order valence-electron chi connectivity index (χ3n) is 2.98. The molecule has 2 aromatic carbocycles. The number of hydrogen-bond acceptors (Lipinski definition) is 2. The van der Waals surface area contributed by atoms with Gasteiger partial charge in [0.15, 0.2) is 0 Å². The van der Waals surface area contributed by atoms with Gasteiger partial charge in [0.05, 0.1) is 6.04 Å². The summed E-state index contributed by atoms with van der Waals surface area (Å²) < 4.78 is 0.712. The number of anilines is 1. The zero-order chi connectivity index (χ0) is 14.7. The van der Waals surface area contributed by atoms with Crippen molar-refractivity contribution in [1.29, 1.82) is 0 Å². The molecule has 0 aliphatic rings. The number of halogens is 2. The fourth-order valence-electron chi connectivity index (χ4n) is 1.78. The van der Waals surface area contributed by atoms with Crippen LogP contribution in [0.3, 0.4) is 0 Å².